The summed E-state index contributed by atoms with van der Waals surface area (Å²) in [4.78, 5) is 1.89. The minimum Gasteiger partial charge on any atom is -0.325 e. The molecule has 14 heavy (non-hydrogen) atoms. The minimum atomic E-state index is -2.70. The molecule has 0 spiro atoms. The molecule has 0 amide bonds. The van der Waals surface area contributed by atoms with E-state index < -0.39 is 12.5 Å². The predicted octanol–water partition coefficient (Wildman–Crippen LogP) is 1.31. The lowest BCUT2D eigenvalue weighted by molar-refractivity contribution is -0.0197. The molecule has 2 nitrogen and oxygen atoms in total. The summed E-state index contributed by atoms with van der Waals surface area (Å²) in [5.74, 6) is -1.33. The number of hydrogen-bond acceptors (Lipinski definition) is 2. The number of likely N-dealkylation sites (tertiary alicyclic amines) is 1. The minimum absolute atomic E-state index is 0.142. The fraction of sp³-hybridized carbons (Fsp3) is 1.00. The van der Waals surface area contributed by atoms with Crippen LogP contribution < -0.4 is 5.73 Å². The molecule has 1 aliphatic heterocycles. The van der Waals surface area contributed by atoms with Crippen LogP contribution in [-0.4, -0.2) is 37.0 Å². The molecule has 2 rings (SSSR count). The van der Waals surface area contributed by atoms with Gasteiger partial charge in [0.05, 0.1) is 13.1 Å². The van der Waals surface area contributed by atoms with Crippen LogP contribution in [0.1, 0.15) is 19.3 Å². The maximum absolute atomic E-state index is 13.0. The molecular weight excluding hydrogens is 186 g/mol. The van der Waals surface area contributed by atoms with Crippen molar-refractivity contribution in [3.8, 4) is 0 Å². The van der Waals surface area contributed by atoms with Gasteiger partial charge in [-0.2, -0.15) is 0 Å². The van der Waals surface area contributed by atoms with Gasteiger partial charge >= 0.3 is 0 Å². The Bertz CT molecular complexity index is 196. The summed E-state index contributed by atoms with van der Waals surface area (Å²) in [6.45, 7) is 1.05. The van der Waals surface area contributed by atoms with Gasteiger partial charge in [-0.05, 0) is 24.7 Å². The first-order valence-corrected chi connectivity index (χ1v) is 5.41. The molecule has 2 aliphatic rings. The normalized spacial score (nSPS) is 33.6. The van der Waals surface area contributed by atoms with Gasteiger partial charge in [-0.3, -0.25) is 4.90 Å². The Labute approximate surface area is 83.4 Å². The molecule has 1 saturated heterocycles. The molecule has 1 heterocycles. The second-order valence-corrected chi connectivity index (χ2v) is 4.71. The van der Waals surface area contributed by atoms with Crippen LogP contribution in [0.15, 0.2) is 0 Å². The first kappa shape index (κ1) is 10.3. The molecule has 0 aromatic heterocycles. The van der Waals surface area contributed by atoms with E-state index in [2.05, 4.69) is 0 Å². The highest BCUT2D eigenvalue weighted by Gasteiger charge is 2.39. The van der Waals surface area contributed by atoms with Gasteiger partial charge in [-0.15, -0.1) is 0 Å². The van der Waals surface area contributed by atoms with Crippen molar-refractivity contribution in [1.29, 1.82) is 0 Å². The molecule has 2 atom stereocenters. The van der Waals surface area contributed by atoms with Crippen LogP contribution in [0.2, 0.25) is 0 Å². The first-order chi connectivity index (χ1) is 6.61. The summed E-state index contributed by atoms with van der Waals surface area (Å²) in [6, 6.07) is 0. The van der Waals surface area contributed by atoms with E-state index >= 15 is 0 Å². The number of nitrogens with zero attached hydrogens (tertiary/aromatic N) is 1. The summed E-state index contributed by atoms with van der Waals surface area (Å²) in [5.41, 5.74) is 5.02. The van der Waals surface area contributed by atoms with E-state index in [1.807, 2.05) is 4.90 Å². The zero-order chi connectivity index (χ0) is 10.2. The number of alkyl halides is 2. The average molecular weight is 204 g/mol. The third-order valence-corrected chi connectivity index (χ3v) is 3.56. The maximum Gasteiger partial charge on any atom is 0.272 e. The van der Waals surface area contributed by atoms with E-state index in [0.717, 1.165) is 13.1 Å². The van der Waals surface area contributed by atoms with Crippen LogP contribution in [-0.2, 0) is 0 Å². The molecule has 0 aromatic carbocycles. The molecule has 82 valence electrons. The third kappa shape index (κ3) is 2.06. The van der Waals surface area contributed by atoms with Crippen molar-refractivity contribution in [1.82, 2.24) is 4.90 Å². The standard InChI is InChI=1S/C10H18F2N2/c11-10(12,6-13)7-14-4-8-2-1-3-9(8)5-14/h8-9H,1-7,13H2. The number of rotatable bonds is 3. The lowest BCUT2D eigenvalue weighted by atomic mass is 10.0. The van der Waals surface area contributed by atoms with Gasteiger partial charge in [0.2, 0.25) is 0 Å². The highest BCUT2D eigenvalue weighted by atomic mass is 19.3. The van der Waals surface area contributed by atoms with Gasteiger partial charge in [-0.25, -0.2) is 8.78 Å². The topological polar surface area (TPSA) is 29.3 Å². The Balaban J connectivity index is 1.84. The van der Waals surface area contributed by atoms with E-state index in [1.165, 1.54) is 19.3 Å². The molecule has 0 aromatic rings. The van der Waals surface area contributed by atoms with E-state index in [-0.39, 0.29) is 6.54 Å². The van der Waals surface area contributed by atoms with Crippen molar-refractivity contribution in [3.05, 3.63) is 0 Å². The third-order valence-electron chi connectivity index (χ3n) is 3.56. The van der Waals surface area contributed by atoms with Gasteiger partial charge in [0.1, 0.15) is 0 Å². The molecule has 1 saturated carbocycles. The summed E-state index contributed by atoms with van der Waals surface area (Å²) in [7, 11) is 0. The van der Waals surface area contributed by atoms with Gasteiger partial charge in [0.25, 0.3) is 5.92 Å². The fourth-order valence-corrected chi connectivity index (χ4v) is 2.85. The second kappa shape index (κ2) is 3.74. The van der Waals surface area contributed by atoms with Crippen LogP contribution in [0.4, 0.5) is 8.78 Å². The van der Waals surface area contributed by atoms with Crippen molar-refractivity contribution in [2.45, 2.75) is 25.2 Å². The predicted molar refractivity (Wildman–Crippen MR) is 51.3 cm³/mol. The average Bonchev–Trinajstić information content (AvgIpc) is 2.63. The smallest absolute Gasteiger partial charge is 0.272 e. The van der Waals surface area contributed by atoms with Crippen LogP contribution in [0, 0.1) is 11.8 Å². The van der Waals surface area contributed by atoms with E-state index in [4.69, 9.17) is 5.73 Å². The summed E-state index contributed by atoms with van der Waals surface area (Å²) >= 11 is 0. The SMILES string of the molecule is NCC(F)(F)CN1CC2CCCC2C1. The molecule has 2 fully saturated rings. The molecule has 2 N–H and O–H groups in total. The van der Waals surface area contributed by atoms with Crippen molar-refractivity contribution in [2.75, 3.05) is 26.2 Å². The van der Waals surface area contributed by atoms with Crippen molar-refractivity contribution in [2.24, 2.45) is 17.6 Å². The van der Waals surface area contributed by atoms with Gasteiger partial charge in [0, 0.05) is 13.1 Å². The summed E-state index contributed by atoms with van der Waals surface area (Å²) < 4.78 is 26.0. The van der Waals surface area contributed by atoms with Crippen molar-refractivity contribution < 1.29 is 8.78 Å². The molecule has 0 radical (unpaired) electrons. The zero-order valence-corrected chi connectivity index (χ0v) is 8.38. The largest absolute Gasteiger partial charge is 0.325 e. The summed E-state index contributed by atoms with van der Waals surface area (Å²) in [5, 5.41) is 0. The highest BCUT2D eigenvalue weighted by Crippen LogP contribution is 2.38. The quantitative estimate of drug-likeness (QED) is 0.751. The zero-order valence-electron chi connectivity index (χ0n) is 8.38. The molecule has 4 heteroatoms. The Morgan fingerprint density at radius 1 is 1.21 bits per heavy atom. The van der Waals surface area contributed by atoms with Crippen molar-refractivity contribution in [3.63, 3.8) is 0 Å². The van der Waals surface area contributed by atoms with Gasteiger partial charge < -0.3 is 5.73 Å². The number of hydrogen-bond donors (Lipinski definition) is 1. The lowest BCUT2D eigenvalue weighted by Gasteiger charge is -2.22. The van der Waals surface area contributed by atoms with Gasteiger partial charge in [-0.1, -0.05) is 6.42 Å². The Kier molecular flexibility index (Phi) is 2.75. The fourth-order valence-electron chi connectivity index (χ4n) is 2.85. The Morgan fingerprint density at radius 3 is 2.29 bits per heavy atom. The van der Waals surface area contributed by atoms with Gasteiger partial charge in [0.15, 0.2) is 0 Å². The molecular formula is C10H18F2N2. The monoisotopic (exact) mass is 204 g/mol. The number of nitrogens with two attached hydrogens (primary N) is 1. The number of halogens is 2. The Morgan fingerprint density at radius 2 is 1.79 bits per heavy atom. The number of fused-ring (bicyclic) bond motifs is 1. The van der Waals surface area contributed by atoms with E-state index in [1.54, 1.807) is 0 Å². The van der Waals surface area contributed by atoms with E-state index in [0.29, 0.717) is 11.8 Å². The maximum atomic E-state index is 13.0. The Hall–Kier alpha value is -0.220. The first-order valence-electron chi connectivity index (χ1n) is 5.41. The van der Waals surface area contributed by atoms with Crippen LogP contribution in [0.25, 0.3) is 0 Å². The summed E-state index contributed by atoms with van der Waals surface area (Å²) in [6.07, 6.45) is 3.75. The van der Waals surface area contributed by atoms with E-state index in [9.17, 15) is 8.78 Å². The lowest BCUT2D eigenvalue weighted by Crippen LogP contribution is -2.41. The van der Waals surface area contributed by atoms with Crippen LogP contribution in [0.3, 0.4) is 0 Å². The van der Waals surface area contributed by atoms with Crippen molar-refractivity contribution >= 4 is 0 Å². The second-order valence-electron chi connectivity index (χ2n) is 4.71. The molecule has 0 bridgehead atoms. The van der Waals surface area contributed by atoms with Crippen LogP contribution >= 0.6 is 0 Å². The highest BCUT2D eigenvalue weighted by molar-refractivity contribution is 4.90. The van der Waals surface area contributed by atoms with Crippen LogP contribution in [0.5, 0.6) is 0 Å². The molecule has 2 unspecified atom stereocenters. The molecule has 1 aliphatic carbocycles.